The average molecular weight is 613 g/mol. The van der Waals surface area contributed by atoms with Crippen molar-refractivity contribution in [2.75, 3.05) is 19.6 Å². The van der Waals surface area contributed by atoms with Gasteiger partial charge < -0.3 is 10.6 Å². The third-order valence-corrected chi connectivity index (χ3v) is 10.8. The SMILES string of the molecule is NCC1CCC(C(=O)N2CC[C@](c3ccc(C(F)(C(F)(F)F)C(F)(F)F)cc3)(S(=O)(=O)c3ccc(F)cc3)C2)CC1. The van der Waals surface area contributed by atoms with E-state index >= 15 is 0 Å². The third-order valence-electron chi connectivity index (χ3n) is 8.30. The fourth-order valence-corrected chi connectivity index (χ4v) is 7.89. The summed E-state index contributed by atoms with van der Waals surface area (Å²) in [5.74, 6) is -1.18. The highest BCUT2D eigenvalue weighted by atomic mass is 32.2. The molecule has 2 fully saturated rings. The summed E-state index contributed by atoms with van der Waals surface area (Å²) in [6, 6.07) is 5.70. The molecule has 226 valence electrons. The van der Waals surface area contributed by atoms with Crippen LogP contribution in [0.4, 0.5) is 35.1 Å². The van der Waals surface area contributed by atoms with E-state index < -0.39 is 56.4 Å². The number of rotatable bonds is 6. The van der Waals surface area contributed by atoms with Crippen LogP contribution in [0.15, 0.2) is 53.4 Å². The van der Waals surface area contributed by atoms with Gasteiger partial charge in [-0.25, -0.2) is 17.2 Å². The molecule has 4 rings (SSSR count). The molecular weight excluding hydrogens is 584 g/mol. The largest absolute Gasteiger partial charge is 0.435 e. The van der Waals surface area contributed by atoms with Crippen molar-refractivity contribution in [2.24, 2.45) is 17.6 Å². The Labute approximate surface area is 231 Å². The van der Waals surface area contributed by atoms with Crippen LogP contribution in [-0.4, -0.2) is 51.2 Å². The monoisotopic (exact) mass is 612 g/mol. The summed E-state index contributed by atoms with van der Waals surface area (Å²) < 4.78 is 134. The topological polar surface area (TPSA) is 80.5 Å². The smallest absolute Gasteiger partial charge is 0.340 e. The highest BCUT2D eigenvalue weighted by Gasteiger charge is 2.73. The molecule has 0 spiro atoms. The molecule has 2 N–H and O–H groups in total. The molecule has 1 saturated carbocycles. The van der Waals surface area contributed by atoms with Crippen molar-refractivity contribution in [1.29, 1.82) is 0 Å². The Morgan fingerprint density at radius 3 is 1.90 bits per heavy atom. The normalized spacial score (nSPS) is 24.5. The maximum absolute atomic E-state index is 14.6. The minimum Gasteiger partial charge on any atom is -0.340 e. The lowest BCUT2D eigenvalue weighted by atomic mass is 9.81. The van der Waals surface area contributed by atoms with Crippen molar-refractivity contribution < 1.29 is 48.3 Å². The minimum absolute atomic E-state index is 0.0595. The average Bonchev–Trinajstić information content (AvgIpc) is 3.39. The van der Waals surface area contributed by atoms with Gasteiger partial charge in [0, 0.05) is 24.6 Å². The molecule has 2 aromatic carbocycles. The van der Waals surface area contributed by atoms with Gasteiger partial charge in [-0.1, -0.05) is 24.3 Å². The number of halogens is 8. The molecule has 41 heavy (non-hydrogen) atoms. The van der Waals surface area contributed by atoms with E-state index in [0.29, 0.717) is 44.4 Å². The first kappa shape index (κ1) is 31.2. The molecule has 0 aromatic heterocycles. The Balaban J connectivity index is 1.76. The number of nitrogens with zero attached hydrogens (tertiary/aromatic N) is 1. The third kappa shape index (κ3) is 5.33. The number of hydrogen-bond donors (Lipinski definition) is 1. The zero-order valence-corrected chi connectivity index (χ0v) is 22.4. The summed E-state index contributed by atoms with van der Waals surface area (Å²) >= 11 is 0. The summed E-state index contributed by atoms with van der Waals surface area (Å²) in [5.41, 5.74) is -1.97. The molecule has 5 nitrogen and oxygen atoms in total. The van der Waals surface area contributed by atoms with Crippen LogP contribution in [0.5, 0.6) is 0 Å². The van der Waals surface area contributed by atoms with Crippen molar-refractivity contribution in [3.63, 3.8) is 0 Å². The van der Waals surface area contributed by atoms with E-state index in [4.69, 9.17) is 5.73 Å². The van der Waals surface area contributed by atoms with Crippen LogP contribution >= 0.6 is 0 Å². The van der Waals surface area contributed by atoms with Crippen LogP contribution < -0.4 is 5.73 Å². The zero-order chi connectivity index (χ0) is 30.4. The molecular formula is C27H28F8N2O3S. The first-order chi connectivity index (χ1) is 19.0. The van der Waals surface area contributed by atoms with Crippen molar-refractivity contribution in [2.45, 2.75) is 59.8 Å². The van der Waals surface area contributed by atoms with E-state index in [-0.39, 0.29) is 47.4 Å². The summed E-state index contributed by atoms with van der Waals surface area (Å²) in [7, 11) is -4.50. The maximum Gasteiger partial charge on any atom is 0.435 e. The van der Waals surface area contributed by atoms with Crippen LogP contribution in [0, 0.1) is 17.7 Å². The molecule has 1 aliphatic carbocycles. The second-order valence-electron chi connectivity index (χ2n) is 10.6. The van der Waals surface area contributed by atoms with E-state index in [2.05, 4.69) is 0 Å². The van der Waals surface area contributed by atoms with E-state index in [0.717, 1.165) is 24.3 Å². The van der Waals surface area contributed by atoms with Crippen LogP contribution in [0.1, 0.15) is 43.2 Å². The summed E-state index contributed by atoms with van der Waals surface area (Å²) in [6.45, 7) is -0.0283. The molecule has 1 saturated heterocycles. The first-order valence-electron chi connectivity index (χ1n) is 12.9. The van der Waals surface area contributed by atoms with Crippen molar-refractivity contribution in [3.8, 4) is 0 Å². The predicted molar refractivity (Wildman–Crippen MR) is 132 cm³/mol. The van der Waals surface area contributed by atoms with Gasteiger partial charge in [-0.05, 0) is 74.4 Å². The summed E-state index contributed by atoms with van der Waals surface area (Å²) in [5, 5.41) is 0. The van der Waals surface area contributed by atoms with E-state index in [9.17, 15) is 48.3 Å². The number of benzene rings is 2. The van der Waals surface area contributed by atoms with Gasteiger partial charge >= 0.3 is 18.0 Å². The second-order valence-corrected chi connectivity index (χ2v) is 12.9. The van der Waals surface area contributed by atoms with Crippen molar-refractivity contribution in [3.05, 3.63) is 65.5 Å². The van der Waals surface area contributed by atoms with Crippen LogP contribution in [0.25, 0.3) is 0 Å². The predicted octanol–water partition coefficient (Wildman–Crippen LogP) is 5.78. The zero-order valence-electron chi connectivity index (χ0n) is 21.6. The van der Waals surface area contributed by atoms with Crippen LogP contribution in [0.2, 0.25) is 0 Å². The Kier molecular flexibility index (Phi) is 8.24. The van der Waals surface area contributed by atoms with E-state index in [1.165, 1.54) is 4.90 Å². The lowest BCUT2D eigenvalue weighted by Crippen LogP contribution is -2.50. The molecule has 2 aliphatic rings. The number of nitrogens with two attached hydrogens (primary N) is 1. The van der Waals surface area contributed by atoms with Gasteiger partial charge in [0.05, 0.1) is 4.90 Å². The van der Waals surface area contributed by atoms with Gasteiger partial charge in [-0.15, -0.1) is 0 Å². The summed E-state index contributed by atoms with van der Waals surface area (Å²) in [6.07, 6.45) is -10.4. The molecule has 1 heterocycles. The summed E-state index contributed by atoms with van der Waals surface area (Å²) in [4.78, 5) is 14.4. The highest BCUT2D eigenvalue weighted by molar-refractivity contribution is 7.92. The quantitative estimate of drug-likeness (QED) is 0.331. The molecule has 1 aliphatic heterocycles. The Morgan fingerprint density at radius 2 is 1.41 bits per heavy atom. The lowest BCUT2D eigenvalue weighted by Gasteiger charge is -2.33. The van der Waals surface area contributed by atoms with Gasteiger partial charge in [0.25, 0.3) is 0 Å². The number of carbonyl (C=O) groups excluding carboxylic acids is 1. The van der Waals surface area contributed by atoms with Gasteiger partial charge in [-0.3, -0.25) is 4.79 Å². The van der Waals surface area contributed by atoms with Crippen molar-refractivity contribution >= 4 is 15.7 Å². The van der Waals surface area contributed by atoms with Gasteiger partial charge in [-0.2, -0.15) is 26.3 Å². The fourth-order valence-electron chi connectivity index (χ4n) is 5.81. The standard InChI is InChI=1S/C27H28F8N2O3S/c28-21-9-11-22(12-10-21)41(39,40)24(13-14-37(16-24)23(38)18-3-1-17(15-36)2-4-18)19-5-7-20(8-6-19)25(29,26(30,31)32)27(33,34)35/h5-12,17-18H,1-4,13-16,36H2/t17?,18?,24-/m0/s1. The first-order valence-corrected chi connectivity index (χ1v) is 14.4. The molecule has 1 atom stereocenters. The maximum atomic E-state index is 14.6. The van der Waals surface area contributed by atoms with E-state index in [1.54, 1.807) is 0 Å². The van der Waals surface area contributed by atoms with Gasteiger partial charge in [0.1, 0.15) is 10.6 Å². The molecule has 2 aromatic rings. The number of sulfone groups is 1. The Bertz CT molecular complexity index is 1340. The molecule has 14 heteroatoms. The lowest BCUT2D eigenvalue weighted by molar-refractivity contribution is -0.348. The number of carbonyl (C=O) groups is 1. The van der Waals surface area contributed by atoms with Gasteiger partial charge in [0.15, 0.2) is 9.84 Å². The Hall–Kier alpha value is -2.74. The van der Waals surface area contributed by atoms with Gasteiger partial charge in [0.2, 0.25) is 5.91 Å². The highest BCUT2D eigenvalue weighted by Crippen LogP contribution is 2.54. The number of alkyl halides is 7. The fraction of sp³-hybridized carbons (Fsp3) is 0.519. The van der Waals surface area contributed by atoms with Crippen molar-refractivity contribution in [1.82, 2.24) is 4.90 Å². The molecule has 0 radical (unpaired) electrons. The Morgan fingerprint density at radius 1 is 0.878 bits per heavy atom. The molecule has 0 unspecified atom stereocenters. The molecule has 0 bridgehead atoms. The van der Waals surface area contributed by atoms with E-state index in [1.807, 2.05) is 0 Å². The minimum atomic E-state index is -6.34. The van der Waals surface area contributed by atoms with Crippen LogP contribution in [-0.2, 0) is 25.0 Å². The number of hydrogen-bond acceptors (Lipinski definition) is 4. The molecule has 1 amide bonds. The van der Waals surface area contributed by atoms with Crippen LogP contribution in [0.3, 0.4) is 0 Å². The number of likely N-dealkylation sites (tertiary alicyclic amines) is 1. The number of amides is 1. The second kappa shape index (κ2) is 10.8.